The molecule has 0 aliphatic rings. The third-order valence-corrected chi connectivity index (χ3v) is 3.06. The van der Waals surface area contributed by atoms with E-state index in [2.05, 4.69) is 39.0 Å². The van der Waals surface area contributed by atoms with Crippen LogP contribution in [-0.4, -0.2) is 13.2 Å². The van der Waals surface area contributed by atoms with Crippen molar-refractivity contribution in [3.63, 3.8) is 0 Å². The number of aryl methyl sites for hydroxylation is 2. The number of rotatable bonds is 5. The second-order valence-corrected chi connectivity index (χ2v) is 4.45. The Morgan fingerprint density at radius 3 is 2.50 bits per heavy atom. The number of hydrogen-bond donors (Lipinski definition) is 1. The lowest BCUT2D eigenvalue weighted by Crippen LogP contribution is -2.28. The Balaban J connectivity index is 2.89. The van der Waals surface area contributed by atoms with Gasteiger partial charge in [0.25, 0.3) is 0 Å². The van der Waals surface area contributed by atoms with Gasteiger partial charge in [-0.2, -0.15) is 0 Å². The molecule has 2 nitrogen and oxygen atoms in total. The summed E-state index contributed by atoms with van der Waals surface area (Å²) in [6.45, 7) is 6.36. The predicted molar refractivity (Wildman–Crippen MR) is 68.5 cm³/mol. The van der Waals surface area contributed by atoms with Gasteiger partial charge >= 0.3 is 0 Å². The number of hydrogen-bond acceptors (Lipinski definition) is 2. The molecule has 0 radical (unpaired) electrons. The molecule has 90 valence electrons. The van der Waals surface area contributed by atoms with Crippen molar-refractivity contribution in [2.24, 2.45) is 5.73 Å². The highest BCUT2D eigenvalue weighted by Crippen LogP contribution is 2.23. The SMILES string of the molecule is CCCC(OC)C(N)c1ccc(C)cc1C. The summed E-state index contributed by atoms with van der Waals surface area (Å²) in [4.78, 5) is 0. The van der Waals surface area contributed by atoms with Crippen molar-refractivity contribution in [3.8, 4) is 0 Å². The lowest BCUT2D eigenvalue weighted by atomic mass is 9.94. The molecular weight excluding hydrogens is 198 g/mol. The highest BCUT2D eigenvalue weighted by Gasteiger charge is 2.19. The molecule has 2 atom stereocenters. The van der Waals surface area contributed by atoms with Gasteiger partial charge in [-0.15, -0.1) is 0 Å². The van der Waals surface area contributed by atoms with Crippen molar-refractivity contribution < 1.29 is 4.74 Å². The van der Waals surface area contributed by atoms with Crippen LogP contribution in [0.15, 0.2) is 18.2 Å². The third kappa shape index (κ3) is 3.06. The summed E-state index contributed by atoms with van der Waals surface area (Å²) >= 11 is 0. The summed E-state index contributed by atoms with van der Waals surface area (Å²) in [5.74, 6) is 0. The highest BCUT2D eigenvalue weighted by molar-refractivity contribution is 5.33. The Morgan fingerprint density at radius 2 is 2.00 bits per heavy atom. The standard InChI is InChI=1S/C14H23NO/c1-5-6-13(16-4)14(15)12-8-7-10(2)9-11(12)3/h7-9,13-14H,5-6,15H2,1-4H3. The number of nitrogens with two attached hydrogens (primary N) is 1. The van der Waals surface area contributed by atoms with Gasteiger partial charge in [0.1, 0.15) is 0 Å². The average molecular weight is 221 g/mol. The Morgan fingerprint density at radius 1 is 1.31 bits per heavy atom. The zero-order valence-corrected chi connectivity index (χ0v) is 10.8. The monoisotopic (exact) mass is 221 g/mol. The summed E-state index contributed by atoms with van der Waals surface area (Å²) in [5, 5.41) is 0. The lowest BCUT2D eigenvalue weighted by molar-refractivity contribution is 0.0723. The molecule has 0 fully saturated rings. The van der Waals surface area contributed by atoms with Gasteiger partial charge in [-0.3, -0.25) is 0 Å². The van der Waals surface area contributed by atoms with Gasteiger partial charge in [0.05, 0.1) is 12.1 Å². The minimum atomic E-state index is -0.0226. The first-order valence-electron chi connectivity index (χ1n) is 5.95. The topological polar surface area (TPSA) is 35.2 Å². The molecule has 0 aromatic heterocycles. The molecule has 0 aliphatic heterocycles. The maximum atomic E-state index is 6.26. The van der Waals surface area contributed by atoms with Gasteiger partial charge in [-0.1, -0.05) is 37.1 Å². The first kappa shape index (κ1) is 13.2. The summed E-state index contributed by atoms with van der Waals surface area (Å²) in [5.41, 5.74) is 9.99. The van der Waals surface area contributed by atoms with Crippen molar-refractivity contribution in [2.45, 2.75) is 45.8 Å². The number of methoxy groups -OCH3 is 1. The van der Waals surface area contributed by atoms with E-state index >= 15 is 0 Å². The molecule has 2 N–H and O–H groups in total. The van der Waals surface area contributed by atoms with Crippen LogP contribution in [0.1, 0.15) is 42.5 Å². The van der Waals surface area contributed by atoms with E-state index in [1.54, 1.807) is 7.11 Å². The molecule has 1 aromatic carbocycles. The molecule has 0 spiro atoms. The van der Waals surface area contributed by atoms with Crippen molar-refractivity contribution in [1.29, 1.82) is 0 Å². The molecule has 0 aliphatic carbocycles. The fraction of sp³-hybridized carbons (Fsp3) is 0.571. The summed E-state index contributed by atoms with van der Waals surface area (Å²) in [6, 6.07) is 6.39. The predicted octanol–water partition coefficient (Wildman–Crippen LogP) is 3.12. The van der Waals surface area contributed by atoms with Gasteiger partial charge in [-0.05, 0) is 31.4 Å². The lowest BCUT2D eigenvalue weighted by Gasteiger charge is -2.24. The van der Waals surface area contributed by atoms with Gasteiger partial charge in [0.15, 0.2) is 0 Å². The van der Waals surface area contributed by atoms with Gasteiger partial charge in [-0.25, -0.2) is 0 Å². The smallest absolute Gasteiger partial charge is 0.0763 e. The molecule has 0 amide bonds. The van der Waals surface area contributed by atoms with E-state index in [-0.39, 0.29) is 12.1 Å². The maximum Gasteiger partial charge on any atom is 0.0763 e. The fourth-order valence-electron chi connectivity index (χ4n) is 2.13. The first-order valence-corrected chi connectivity index (χ1v) is 5.95. The third-order valence-electron chi connectivity index (χ3n) is 3.06. The highest BCUT2D eigenvalue weighted by atomic mass is 16.5. The quantitative estimate of drug-likeness (QED) is 0.829. The summed E-state index contributed by atoms with van der Waals surface area (Å²) in [7, 11) is 1.74. The maximum absolute atomic E-state index is 6.26. The van der Waals surface area contributed by atoms with E-state index in [0.29, 0.717) is 0 Å². The van der Waals surface area contributed by atoms with Crippen LogP contribution < -0.4 is 5.73 Å². The fourth-order valence-corrected chi connectivity index (χ4v) is 2.13. The van der Waals surface area contributed by atoms with E-state index in [1.165, 1.54) is 16.7 Å². The molecule has 0 heterocycles. The largest absolute Gasteiger partial charge is 0.379 e. The van der Waals surface area contributed by atoms with Crippen molar-refractivity contribution in [2.75, 3.05) is 7.11 Å². The molecule has 0 bridgehead atoms. The molecule has 0 saturated heterocycles. The zero-order chi connectivity index (χ0) is 12.1. The van der Waals surface area contributed by atoms with Crippen LogP contribution in [0.25, 0.3) is 0 Å². The van der Waals surface area contributed by atoms with Crippen molar-refractivity contribution >= 4 is 0 Å². The Labute approximate surface area is 98.8 Å². The van der Waals surface area contributed by atoms with E-state index in [1.807, 2.05) is 0 Å². The van der Waals surface area contributed by atoms with Crippen LogP contribution in [-0.2, 0) is 4.74 Å². The second-order valence-electron chi connectivity index (χ2n) is 4.45. The van der Waals surface area contributed by atoms with E-state index in [9.17, 15) is 0 Å². The minimum Gasteiger partial charge on any atom is -0.379 e. The number of ether oxygens (including phenoxy) is 1. The normalized spacial score (nSPS) is 14.8. The zero-order valence-electron chi connectivity index (χ0n) is 10.8. The van der Waals surface area contributed by atoms with Crippen LogP contribution in [0, 0.1) is 13.8 Å². The van der Waals surface area contributed by atoms with Crippen LogP contribution >= 0.6 is 0 Å². The minimum absolute atomic E-state index is 0.0226. The van der Waals surface area contributed by atoms with E-state index in [0.717, 1.165) is 12.8 Å². The first-order chi connectivity index (χ1) is 7.60. The average Bonchev–Trinajstić information content (AvgIpc) is 2.25. The second kappa shape index (κ2) is 6.02. The van der Waals surface area contributed by atoms with Crippen LogP contribution in [0.4, 0.5) is 0 Å². The Kier molecular flexibility index (Phi) is 4.97. The molecule has 2 heteroatoms. The summed E-state index contributed by atoms with van der Waals surface area (Å²) in [6.07, 6.45) is 2.22. The van der Waals surface area contributed by atoms with Gasteiger partial charge in [0, 0.05) is 7.11 Å². The van der Waals surface area contributed by atoms with Crippen LogP contribution in [0.5, 0.6) is 0 Å². The molecule has 2 unspecified atom stereocenters. The van der Waals surface area contributed by atoms with Crippen molar-refractivity contribution in [3.05, 3.63) is 34.9 Å². The van der Waals surface area contributed by atoms with Crippen LogP contribution in [0.3, 0.4) is 0 Å². The Bertz CT molecular complexity index is 336. The van der Waals surface area contributed by atoms with E-state index in [4.69, 9.17) is 10.5 Å². The molecule has 16 heavy (non-hydrogen) atoms. The summed E-state index contributed by atoms with van der Waals surface area (Å²) < 4.78 is 5.47. The van der Waals surface area contributed by atoms with Gasteiger partial charge in [0.2, 0.25) is 0 Å². The molecule has 0 saturated carbocycles. The van der Waals surface area contributed by atoms with Crippen molar-refractivity contribution in [1.82, 2.24) is 0 Å². The number of benzene rings is 1. The van der Waals surface area contributed by atoms with Gasteiger partial charge < -0.3 is 10.5 Å². The Hall–Kier alpha value is -0.860. The molecular formula is C14H23NO. The molecule has 1 rings (SSSR count). The van der Waals surface area contributed by atoms with Crippen LogP contribution in [0.2, 0.25) is 0 Å². The molecule has 1 aromatic rings. The van der Waals surface area contributed by atoms with E-state index < -0.39 is 0 Å².